The maximum Gasteiger partial charge on any atom is 0.251 e. The molecule has 0 saturated heterocycles. The molecule has 1 amide bonds. The highest BCUT2D eigenvalue weighted by Crippen LogP contribution is 2.39. The van der Waals surface area contributed by atoms with Crippen LogP contribution in [0.3, 0.4) is 0 Å². The third kappa shape index (κ3) is 4.21. The fourth-order valence-electron chi connectivity index (χ4n) is 3.63. The second kappa shape index (κ2) is 7.44. The molecule has 2 saturated carbocycles. The molecule has 2 aliphatic carbocycles. The van der Waals surface area contributed by atoms with E-state index in [1.165, 1.54) is 42.8 Å². The lowest BCUT2D eigenvalue weighted by atomic mass is 9.90. The number of rotatable bonds is 5. The predicted molar refractivity (Wildman–Crippen MR) is 99.7 cm³/mol. The summed E-state index contributed by atoms with van der Waals surface area (Å²) in [6.45, 7) is 0. The van der Waals surface area contributed by atoms with Crippen molar-refractivity contribution in [2.45, 2.75) is 56.5 Å². The van der Waals surface area contributed by atoms with Gasteiger partial charge in [0.2, 0.25) is 0 Å². The number of carbonyl (C=O) groups is 1. The van der Waals surface area contributed by atoms with E-state index in [1.807, 2.05) is 12.3 Å². The van der Waals surface area contributed by atoms with E-state index in [1.54, 1.807) is 0 Å². The Labute approximate surface area is 153 Å². The first-order valence-electron chi connectivity index (χ1n) is 9.46. The zero-order valence-electron chi connectivity index (χ0n) is 14.7. The van der Waals surface area contributed by atoms with Gasteiger partial charge in [-0.15, -0.1) is 0 Å². The average molecular weight is 353 g/mol. The van der Waals surface area contributed by atoms with E-state index in [9.17, 15) is 9.18 Å². The lowest BCUT2D eigenvalue weighted by molar-refractivity contribution is 0.0926. The van der Waals surface area contributed by atoms with Crippen molar-refractivity contribution in [1.29, 1.82) is 0 Å². The van der Waals surface area contributed by atoms with Crippen LogP contribution in [0, 0.1) is 5.82 Å². The van der Waals surface area contributed by atoms with Gasteiger partial charge in [-0.25, -0.2) is 4.39 Å². The van der Waals surface area contributed by atoms with E-state index in [-0.39, 0.29) is 17.8 Å². The number of anilines is 1. The average Bonchev–Trinajstić information content (AvgIpc) is 3.49. The molecule has 0 aliphatic heterocycles. The van der Waals surface area contributed by atoms with Crippen LogP contribution < -0.4 is 10.6 Å². The molecule has 26 heavy (non-hydrogen) atoms. The quantitative estimate of drug-likeness (QED) is 0.845. The Morgan fingerprint density at radius 3 is 2.35 bits per heavy atom. The zero-order chi connectivity index (χ0) is 17.9. The van der Waals surface area contributed by atoms with Crippen LogP contribution in [0.4, 0.5) is 10.1 Å². The second-order valence-electron chi connectivity index (χ2n) is 7.42. The van der Waals surface area contributed by atoms with Gasteiger partial charge >= 0.3 is 0 Å². The number of aromatic nitrogens is 1. The lowest BCUT2D eigenvalue weighted by Gasteiger charge is -2.30. The number of hydrogen-bond donors (Lipinski definition) is 2. The lowest BCUT2D eigenvalue weighted by Crippen LogP contribution is -2.40. The highest BCUT2D eigenvalue weighted by atomic mass is 19.1. The fraction of sp³-hybridized carbons (Fsp3) is 0.429. The Morgan fingerprint density at radius 2 is 1.65 bits per heavy atom. The summed E-state index contributed by atoms with van der Waals surface area (Å²) in [5, 5.41) is 6.69. The van der Waals surface area contributed by atoms with E-state index in [2.05, 4.69) is 21.7 Å². The van der Waals surface area contributed by atoms with Crippen LogP contribution in [0.5, 0.6) is 0 Å². The molecule has 2 fully saturated rings. The molecular formula is C21H24FN3O. The standard InChI is InChI=1S/C21H24FN3O/c22-16-5-3-15(4-6-16)21(26)25-18-9-7-17(8-10-18)24-19-11-12-23-20(13-19)14-1-2-14/h3-6,11-14,17-18H,1-2,7-10H2,(H,23,24)(H,25,26). The van der Waals surface area contributed by atoms with Crippen molar-refractivity contribution in [1.82, 2.24) is 10.3 Å². The van der Waals surface area contributed by atoms with Gasteiger partial charge in [-0.3, -0.25) is 9.78 Å². The molecule has 2 aromatic rings. The molecule has 0 unspecified atom stereocenters. The largest absolute Gasteiger partial charge is 0.382 e. The minimum absolute atomic E-state index is 0.121. The van der Waals surface area contributed by atoms with Crippen molar-refractivity contribution in [2.75, 3.05) is 5.32 Å². The predicted octanol–water partition coefficient (Wildman–Crippen LogP) is 4.25. The molecule has 136 valence electrons. The molecular weight excluding hydrogens is 329 g/mol. The van der Waals surface area contributed by atoms with Crippen molar-refractivity contribution in [2.24, 2.45) is 0 Å². The summed E-state index contributed by atoms with van der Waals surface area (Å²) >= 11 is 0. The van der Waals surface area contributed by atoms with E-state index < -0.39 is 0 Å². The molecule has 0 atom stereocenters. The third-order valence-corrected chi connectivity index (χ3v) is 5.32. The summed E-state index contributed by atoms with van der Waals surface area (Å²) in [6, 6.07) is 10.5. The van der Waals surface area contributed by atoms with E-state index in [0.29, 0.717) is 17.5 Å². The van der Waals surface area contributed by atoms with Gasteiger partial charge in [0.15, 0.2) is 0 Å². The molecule has 2 N–H and O–H groups in total. The first kappa shape index (κ1) is 17.0. The van der Waals surface area contributed by atoms with Crippen LogP contribution in [0.15, 0.2) is 42.6 Å². The molecule has 0 radical (unpaired) electrons. The molecule has 4 rings (SSSR count). The summed E-state index contributed by atoms with van der Waals surface area (Å²) in [4.78, 5) is 16.7. The summed E-state index contributed by atoms with van der Waals surface area (Å²) < 4.78 is 13.0. The van der Waals surface area contributed by atoms with E-state index in [4.69, 9.17) is 0 Å². The van der Waals surface area contributed by atoms with Gasteiger partial charge in [0, 0.05) is 41.1 Å². The van der Waals surface area contributed by atoms with Gasteiger partial charge in [0.1, 0.15) is 5.82 Å². The maximum absolute atomic E-state index is 13.0. The third-order valence-electron chi connectivity index (χ3n) is 5.32. The van der Waals surface area contributed by atoms with Crippen LogP contribution in [-0.4, -0.2) is 23.0 Å². The Balaban J connectivity index is 1.26. The number of nitrogens with one attached hydrogen (secondary N) is 2. The van der Waals surface area contributed by atoms with Crippen LogP contribution in [-0.2, 0) is 0 Å². The molecule has 5 heteroatoms. The van der Waals surface area contributed by atoms with Gasteiger partial charge in [-0.05, 0) is 74.9 Å². The van der Waals surface area contributed by atoms with E-state index in [0.717, 1.165) is 31.4 Å². The summed E-state index contributed by atoms with van der Waals surface area (Å²) in [5.74, 6) is 0.216. The Bertz CT molecular complexity index is 765. The van der Waals surface area contributed by atoms with Crippen LogP contribution in [0.2, 0.25) is 0 Å². The van der Waals surface area contributed by atoms with Gasteiger partial charge in [-0.1, -0.05) is 0 Å². The van der Waals surface area contributed by atoms with Crippen molar-refractivity contribution < 1.29 is 9.18 Å². The summed E-state index contributed by atoms with van der Waals surface area (Å²) in [6.07, 6.45) is 8.36. The highest BCUT2D eigenvalue weighted by molar-refractivity contribution is 5.94. The maximum atomic E-state index is 13.0. The minimum atomic E-state index is -0.325. The number of pyridine rings is 1. The fourth-order valence-corrected chi connectivity index (χ4v) is 3.63. The number of benzene rings is 1. The SMILES string of the molecule is O=C(NC1CCC(Nc2ccnc(C3CC3)c2)CC1)c1ccc(F)cc1. The van der Waals surface area contributed by atoms with Crippen molar-refractivity contribution in [3.05, 3.63) is 59.7 Å². The Kier molecular flexibility index (Phi) is 4.87. The number of carbonyl (C=O) groups excluding carboxylic acids is 1. The molecule has 0 spiro atoms. The molecule has 4 nitrogen and oxygen atoms in total. The molecule has 1 heterocycles. The van der Waals surface area contributed by atoms with Gasteiger partial charge < -0.3 is 10.6 Å². The van der Waals surface area contributed by atoms with Crippen LogP contribution in [0.1, 0.15) is 60.5 Å². The molecule has 1 aromatic carbocycles. The second-order valence-corrected chi connectivity index (χ2v) is 7.42. The van der Waals surface area contributed by atoms with Crippen molar-refractivity contribution in [3.8, 4) is 0 Å². The van der Waals surface area contributed by atoms with E-state index >= 15 is 0 Å². The number of hydrogen-bond acceptors (Lipinski definition) is 3. The Hall–Kier alpha value is -2.43. The van der Waals surface area contributed by atoms with Gasteiger partial charge in [-0.2, -0.15) is 0 Å². The Morgan fingerprint density at radius 1 is 0.962 bits per heavy atom. The topological polar surface area (TPSA) is 54.0 Å². The number of amides is 1. The summed E-state index contributed by atoms with van der Waals surface area (Å²) in [5.41, 5.74) is 2.87. The molecule has 0 bridgehead atoms. The molecule has 2 aliphatic rings. The molecule has 1 aromatic heterocycles. The van der Waals surface area contributed by atoms with Gasteiger partial charge in [0.05, 0.1) is 0 Å². The first-order chi connectivity index (χ1) is 12.7. The van der Waals surface area contributed by atoms with Crippen LogP contribution >= 0.6 is 0 Å². The van der Waals surface area contributed by atoms with Gasteiger partial charge in [0.25, 0.3) is 5.91 Å². The smallest absolute Gasteiger partial charge is 0.251 e. The van der Waals surface area contributed by atoms with Crippen LogP contribution in [0.25, 0.3) is 0 Å². The first-order valence-corrected chi connectivity index (χ1v) is 9.46. The highest BCUT2D eigenvalue weighted by Gasteiger charge is 2.26. The minimum Gasteiger partial charge on any atom is -0.382 e. The number of halogens is 1. The van der Waals surface area contributed by atoms with Crippen molar-refractivity contribution in [3.63, 3.8) is 0 Å². The summed E-state index contributed by atoms with van der Waals surface area (Å²) in [7, 11) is 0. The zero-order valence-corrected chi connectivity index (χ0v) is 14.7. The monoisotopic (exact) mass is 353 g/mol. The van der Waals surface area contributed by atoms with Crippen molar-refractivity contribution >= 4 is 11.6 Å². The number of nitrogens with zero attached hydrogens (tertiary/aromatic N) is 1. The normalized spacial score (nSPS) is 22.7.